The summed E-state index contributed by atoms with van der Waals surface area (Å²) in [6.45, 7) is 8.79. The Morgan fingerprint density at radius 3 is 2.64 bits per heavy atom. The lowest BCUT2D eigenvalue weighted by Gasteiger charge is -2.41. The monoisotopic (exact) mass is 377 g/mol. The third-order valence-corrected chi connectivity index (χ3v) is 5.15. The van der Waals surface area contributed by atoms with Crippen LogP contribution in [0.2, 0.25) is 0 Å². The summed E-state index contributed by atoms with van der Waals surface area (Å²) < 4.78 is 0. The van der Waals surface area contributed by atoms with Crippen LogP contribution >= 0.6 is 0 Å². The zero-order valence-corrected chi connectivity index (χ0v) is 16.3. The second-order valence-electron chi connectivity index (χ2n) is 7.04. The maximum absolute atomic E-state index is 13.0. The Bertz CT molecular complexity index is 835. The summed E-state index contributed by atoms with van der Waals surface area (Å²) in [5, 5.41) is 2.71. The van der Waals surface area contributed by atoms with Gasteiger partial charge in [0.15, 0.2) is 0 Å². The van der Waals surface area contributed by atoms with Crippen LogP contribution in [0.15, 0.2) is 67.3 Å². The highest BCUT2D eigenvalue weighted by Crippen LogP contribution is 2.19. The van der Waals surface area contributed by atoms with Crippen LogP contribution in [0.4, 0.5) is 5.69 Å². The third kappa shape index (κ3) is 4.87. The van der Waals surface area contributed by atoms with E-state index < -0.39 is 0 Å². The SMILES string of the molecule is C=CC(=O)Nc1cccc(C(=O)N2CCN(Cc3ccccc3)C(CC)C2)c1. The Hall–Kier alpha value is -2.92. The van der Waals surface area contributed by atoms with Crippen molar-refractivity contribution in [3.05, 3.63) is 78.4 Å². The fourth-order valence-electron chi connectivity index (χ4n) is 3.60. The van der Waals surface area contributed by atoms with Crippen molar-refractivity contribution in [1.29, 1.82) is 0 Å². The van der Waals surface area contributed by atoms with Gasteiger partial charge in [-0.05, 0) is 36.3 Å². The first-order valence-electron chi connectivity index (χ1n) is 9.71. The summed E-state index contributed by atoms with van der Waals surface area (Å²) >= 11 is 0. The first kappa shape index (κ1) is 19.8. The number of carbonyl (C=O) groups excluding carboxylic acids is 2. The minimum atomic E-state index is -0.287. The van der Waals surface area contributed by atoms with Crippen molar-refractivity contribution in [3.8, 4) is 0 Å². The topological polar surface area (TPSA) is 52.7 Å². The lowest BCUT2D eigenvalue weighted by molar-refractivity contribution is -0.111. The van der Waals surface area contributed by atoms with Gasteiger partial charge in [-0.3, -0.25) is 14.5 Å². The summed E-state index contributed by atoms with van der Waals surface area (Å²) in [4.78, 5) is 28.9. The van der Waals surface area contributed by atoms with Crippen LogP contribution in [-0.2, 0) is 11.3 Å². The van der Waals surface area contributed by atoms with Crippen molar-refractivity contribution in [3.63, 3.8) is 0 Å². The zero-order chi connectivity index (χ0) is 19.9. The predicted molar refractivity (Wildman–Crippen MR) is 112 cm³/mol. The van der Waals surface area contributed by atoms with E-state index in [1.165, 1.54) is 11.6 Å². The van der Waals surface area contributed by atoms with Crippen LogP contribution in [0.5, 0.6) is 0 Å². The fourth-order valence-corrected chi connectivity index (χ4v) is 3.60. The molecular weight excluding hydrogens is 350 g/mol. The summed E-state index contributed by atoms with van der Waals surface area (Å²) in [5.41, 5.74) is 2.49. The largest absolute Gasteiger partial charge is 0.336 e. The third-order valence-electron chi connectivity index (χ3n) is 5.15. The molecule has 0 spiro atoms. The Kier molecular flexibility index (Phi) is 6.61. The molecule has 0 saturated carbocycles. The second-order valence-corrected chi connectivity index (χ2v) is 7.04. The molecule has 5 heteroatoms. The zero-order valence-electron chi connectivity index (χ0n) is 16.3. The van der Waals surface area contributed by atoms with Crippen LogP contribution in [0, 0.1) is 0 Å². The van der Waals surface area contributed by atoms with E-state index in [9.17, 15) is 9.59 Å². The molecule has 28 heavy (non-hydrogen) atoms. The molecule has 2 aromatic carbocycles. The molecule has 146 valence electrons. The Balaban J connectivity index is 1.66. The molecule has 0 radical (unpaired) electrons. The Labute approximate surface area is 166 Å². The second kappa shape index (κ2) is 9.33. The van der Waals surface area contributed by atoms with Gasteiger partial charge in [-0.15, -0.1) is 0 Å². The van der Waals surface area contributed by atoms with E-state index in [-0.39, 0.29) is 11.8 Å². The van der Waals surface area contributed by atoms with E-state index in [4.69, 9.17) is 0 Å². The summed E-state index contributed by atoms with van der Waals surface area (Å²) in [7, 11) is 0. The normalized spacial score (nSPS) is 17.2. The standard InChI is InChI=1S/C23H27N3O2/c1-3-21-17-26(14-13-25(21)16-18-9-6-5-7-10-18)23(28)19-11-8-12-20(15-19)24-22(27)4-2/h4-12,15,21H,2-3,13-14,16-17H2,1H3,(H,24,27). The molecule has 1 aliphatic heterocycles. The van der Waals surface area contributed by atoms with Crippen molar-refractivity contribution in [2.45, 2.75) is 25.9 Å². The molecule has 2 aromatic rings. The van der Waals surface area contributed by atoms with Gasteiger partial charge in [-0.2, -0.15) is 0 Å². The molecule has 5 nitrogen and oxygen atoms in total. The smallest absolute Gasteiger partial charge is 0.254 e. The number of nitrogens with zero attached hydrogens (tertiary/aromatic N) is 2. The average Bonchev–Trinajstić information content (AvgIpc) is 2.74. The van der Waals surface area contributed by atoms with Gasteiger partial charge in [0.1, 0.15) is 0 Å². The molecule has 1 unspecified atom stereocenters. The molecule has 1 N–H and O–H groups in total. The van der Waals surface area contributed by atoms with Gasteiger partial charge < -0.3 is 10.2 Å². The van der Waals surface area contributed by atoms with Crippen LogP contribution in [0.25, 0.3) is 0 Å². The summed E-state index contributed by atoms with van der Waals surface area (Å²) in [5.74, 6) is -0.280. The minimum absolute atomic E-state index is 0.00696. The van der Waals surface area contributed by atoms with E-state index in [1.54, 1.807) is 24.3 Å². The average molecular weight is 377 g/mol. The van der Waals surface area contributed by atoms with Crippen molar-refractivity contribution in [1.82, 2.24) is 9.80 Å². The lowest BCUT2D eigenvalue weighted by Crippen LogP contribution is -2.54. The number of rotatable bonds is 6. The van der Waals surface area contributed by atoms with Gasteiger partial charge in [0, 0.05) is 43.5 Å². The van der Waals surface area contributed by atoms with Gasteiger partial charge >= 0.3 is 0 Å². The molecule has 0 bridgehead atoms. The van der Waals surface area contributed by atoms with E-state index in [1.807, 2.05) is 11.0 Å². The van der Waals surface area contributed by atoms with Gasteiger partial charge in [0.05, 0.1) is 0 Å². The van der Waals surface area contributed by atoms with Crippen LogP contribution in [0.1, 0.15) is 29.3 Å². The minimum Gasteiger partial charge on any atom is -0.336 e. The number of benzene rings is 2. The van der Waals surface area contributed by atoms with E-state index >= 15 is 0 Å². The molecule has 3 rings (SSSR count). The van der Waals surface area contributed by atoms with Crippen LogP contribution < -0.4 is 5.32 Å². The number of piperazine rings is 1. The number of anilines is 1. The van der Waals surface area contributed by atoms with Gasteiger partial charge in [-0.1, -0.05) is 49.9 Å². The molecule has 1 saturated heterocycles. The Morgan fingerprint density at radius 2 is 1.93 bits per heavy atom. The van der Waals surface area contributed by atoms with Gasteiger partial charge in [0.2, 0.25) is 5.91 Å². The molecule has 1 heterocycles. The molecular formula is C23H27N3O2. The molecule has 1 atom stereocenters. The predicted octanol–water partition coefficient (Wildman–Crippen LogP) is 3.55. The highest BCUT2D eigenvalue weighted by molar-refractivity contribution is 6.00. The Morgan fingerprint density at radius 1 is 1.14 bits per heavy atom. The molecule has 0 aliphatic carbocycles. The summed E-state index contributed by atoms with van der Waals surface area (Å²) in [6.07, 6.45) is 2.21. The highest BCUT2D eigenvalue weighted by atomic mass is 16.2. The number of amides is 2. The summed E-state index contributed by atoms with van der Waals surface area (Å²) in [6, 6.07) is 17.9. The van der Waals surface area contributed by atoms with E-state index in [0.717, 1.165) is 19.5 Å². The van der Waals surface area contributed by atoms with Gasteiger partial charge in [-0.25, -0.2) is 0 Å². The van der Waals surface area contributed by atoms with E-state index in [0.29, 0.717) is 30.4 Å². The molecule has 0 aromatic heterocycles. The van der Waals surface area contributed by atoms with Crippen LogP contribution in [-0.4, -0.2) is 47.3 Å². The van der Waals surface area contributed by atoms with Gasteiger partial charge in [0.25, 0.3) is 5.91 Å². The van der Waals surface area contributed by atoms with E-state index in [2.05, 4.69) is 48.0 Å². The first-order chi connectivity index (χ1) is 13.6. The van der Waals surface area contributed by atoms with Crippen molar-refractivity contribution < 1.29 is 9.59 Å². The highest BCUT2D eigenvalue weighted by Gasteiger charge is 2.29. The van der Waals surface area contributed by atoms with Crippen molar-refractivity contribution in [2.75, 3.05) is 25.0 Å². The van der Waals surface area contributed by atoms with Crippen LogP contribution in [0.3, 0.4) is 0 Å². The first-order valence-corrected chi connectivity index (χ1v) is 9.71. The number of hydrogen-bond acceptors (Lipinski definition) is 3. The fraction of sp³-hybridized carbons (Fsp3) is 0.304. The van der Waals surface area contributed by atoms with Crippen molar-refractivity contribution >= 4 is 17.5 Å². The molecule has 2 amide bonds. The maximum atomic E-state index is 13.0. The molecule has 1 fully saturated rings. The number of carbonyl (C=O) groups is 2. The lowest BCUT2D eigenvalue weighted by atomic mass is 10.1. The molecule has 1 aliphatic rings. The number of nitrogens with one attached hydrogen (secondary N) is 1. The maximum Gasteiger partial charge on any atom is 0.254 e. The quantitative estimate of drug-likeness (QED) is 0.784. The number of hydrogen-bond donors (Lipinski definition) is 1. The van der Waals surface area contributed by atoms with Crippen molar-refractivity contribution in [2.24, 2.45) is 0 Å².